The first kappa shape index (κ1) is 8.96. The third kappa shape index (κ3) is 1.67. The molecular weight excluding hydrogens is 180 g/mol. The summed E-state index contributed by atoms with van der Waals surface area (Å²) in [6.45, 7) is 2.90. The SMILES string of the molecule is Cc1nc(Cn2cccc2CN)no1. The van der Waals surface area contributed by atoms with Crippen molar-refractivity contribution in [1.29, 1.82) is 0 Å². The molecule has 14 heavy (non-hydrogen) atoms. The van der Waals surface area contributed by atoms with Crippen molar-refractivity contribution in [1.82, 2.24) is 14.7 Å². The summed E-state index contributed by atoms with van der Waals surface area (Å²) in [6.07, 6.45) is 1.95. The van der Waals surface area contributed by atoms with E-state index in [0.717, 1.165) is 5.69 Å². The maximum Gasteiger partial charge on any atom is 0.223 e. The largest absolute Gasteiger partial charge is 0.342 e. The van der Waals surface area contributed by atoms with Crippen LogP contribution in [0.4, 0.5) is 0 Å². The predicted octanol–water partition coefficient (Wildman–Crippen LogP) is 0.687. The maximum absolute atomic E-state index is 5.57. The molecular formula is C9H12N4O. The summed E-state index contributed by atoms with van der Waals surface area (Å²) < 4.78 is 6.89. The molecule has 2 aromatic rings. The van der Waals surface area contributed by atoms with Crippen molar-refractivity contribution in [3.8, 4) is 0 Å². The van der Waals surface area contributed by atoms with Gasteiger partial charge in [-0.2, -0.15) is 4.98 Å². The zero-order valence-corrected chi connectivity index (χ0v) is 7.97. The van der Waals surface area contributed by atoms with Gasteiger partial charge in [0.2, 0.25) is 5.89 Å². The second kappa shape index (κ2) is 3.63. The lowest BCUT2D eigenvalue weighted by Gasteiger charge is -2.03. The molecule has 2 aromatic heterocycles. The van der Waals surface area contributed by atoms with Gasteiger partial charge in [-0.1, -0.05) is 5.16 Å². The second-order valence-electron chi connectivity index (χ2n) is 3.06. The number of rotatable bonds is 3. The van der Waals surface area contributed by atoms with Crippen LogP contribution in [0.1, 0.15) is 17.4 Å². The molecule has 0 fully saturated rings. The molecule has 74 valence electrons. The topological polar surface area (TPSA) is 69.9 Å². The number of aromatic nitrogens is 3. The van der Waals surface area contributed by atoms with Gasteiger partial charge < -0.3 is 14.8 Å². The van der Waals surface area contributed by atoms with Crippen molar-refractivity contribution in [3.05, 3.63) is 35.7 Å². The van der Waals surface area contributed by atoms with Crippen molar-refractivity contribution in [2.24, 2.45) is 5.73 Å². The Morgan fingerprint density at radius 3 is 3.07 bits per heavy atom. The maximum atomic E-state index is 5.57. The van der Waals surface area contributed by atoms with Crippen LogP contribution in [-0.4, -0.2) is 14.7 Å². The van der Waals surface area contributed by atoms with E-state index in [9.17, 15) is 0 Å². The van der Waals surface area contributed by atoms with E-state index in [-0.39, 0.29) is 0 Å². The molecule has 2 rings (SSSR count). The average molecular weight is 192 g/mol. The lowest BCUT2D eigenvalue weighted by molar-refractivity contribution is 0.386. The minimum absolute atomic E-state index is 0.518. The summed E-state index contributed by atoms with van der Waals surface area (Å²) in [7, 11) is 0. The highest BCUT2D eigenvalue weighted by atomic mass is 16.5. The number of hydrogen-bond acceptors (Lipinski definition) is 4. The molecule has 0 amide bonds. The van der Waals surface area contributed by atoms with Gasteiger partial charge in [-0.25, -0.2) is 0 Å². The third-order valence-electron chi connectivity index (χ3n) is 2.01. The van der Waals surface area contributed by atoms with Crippen LogP contribution >= 0.6 is 0 Å². The quantitative estimate of drug-likeness (QED) is 0.776. The highest BCUT2D eigenvalue weighted by Gasteiger charge is 2.04. The zero-order chi connectivity index (χ0) is 9.97. The second-order valence-corrected chi connectivity index (χ2v) is 3.06. The van der Waals surface area contributed by atoms with Crippen LogP contribution < -0.4 is 5.73 Å². The first-order valence-electron chi connectivity index (χ1n) is 4.43. The molecule has 0 radical (unpaired) electrons. The first-order valence-corrected chi connectivity index (χ1v) is 4.43. The number of nitrogens with zero attached hydrogens (tertiary/aromatic N) is 3. The van der Waals surface area contributed by atoms with Crippen molar-refractivity contribution in [2.75, 3.05) is 0 Å². The van der Waals surface area contributed by atoms with E-state index in [1.165, 1.54) is 0 Å². The van der Waals surface area contributed by atoms with Gasteiger partial charge in [0.15, 0.2) is 5.82 Å². The molecule has 0 saturated heterocycles. The van der Waals surface area contributed by atoms with Crippen LogP contribution in [-0.2, 0) is 13.1 Å². The van der Waals surface area contributed by atoms with Gasteiger partial charge in [-0.3, -0.25) is 0 Å². The highest BCUT2D eigenvalue weighted by molar-refractivity contribution is 5.08. The lowest BCUT2D eigenvalue weighted by Crippen LogP contribution is -2.08. The van der Waals surface area contributed by atoms with Gasteiger partial charge >= 0.3 is 0 Å². The molecule has 2 N–H and O–H groups in total. The van der Waals surface area contributed by atoms with Crippen molar-refractivity contribution in [3.63, 3.8) is 0 Å². The van der Waals surface area contributed by atoms with E-state index < -0.39 is 0 Å². The Morgan fingerprint density at radius 1 is 1.57 bits per heavy atom. The van der Waals surface area contributed by atoms with Crippen LogP contribution in [0, 0.1) is 6.92 Å². The van der Waals surface area contributed by atoms with E-state index in [0.29, 0.717) is 24.8 Å². The molecule has 2 heterocycles. The molecule has 0 aliphatic rings. The summed E-state index contributed by atoms with van der Waals surface area (Å²) >= 11 is 0. The average Bonchev–Trinajstić information content (AvgIpc) is 2.76. The van der Waals surface area contributed by atoms with Crippen molar-refractivity contribution < 1.29 is 4.52 Å². The molecule has 0 spiro atoms. The highest BCUT2D eigenvalue weighted by Crippen LogP contribution is 2.04. The molecule has 0 atom stereocenters. The van der Waals surface area contributed by atoms with Crippen LogP contribution in [0.15, 0.2) is 22.9 Å². The number of nitrogens with two attached hydrogens (primary N) is 1. The fraction of sp³-hybridized carbons (Fsp3) is 0.333. The Hall–Kier alpha value is -1.62. The van der Waals surface area contributed by atoms with E-state index in [4.69, 9.17) is 10.3 Å². The van der Waals surface area contributed by atoms with Gasteiger partial charge in [0.25, 0.3) is 0 Å². The standard InChI is InChI=1S/C9H12N4O/c1-7-11-9(12-14-7)6-13-4-2-3-8(13)5-10/h2-4H,5-6,10H2,1H3. The Kier molecular flexibility index (Phi) is 2.32. The van der Waals surface area contributed by atoms with Crippen LogP contribution in [0.3, 0.4) is 0 Å². The van der Waals surface area contributed by atoms with Gasteiger partial charge in [0, 0.05) is 25.4 Å². The summed E-state index contributed by atoms with van der Waals surface area (Å²) in [5, 5.41) is 3.82. The molecule has 0 saturated carbocycles. The molecule has 0 aromatic carbocycles. The van der Waals surface area contributed by atoms with Gasteiger partial charge in [0.05, 0.1) is 6.54 Å². The van der Waals surface area contributed by atoms with Gasteiger partial charge in [0.1, 0.15) is 0 Å². The van der Waals surface area contributed by atoms with E-state index in [2.05, 4.69) is 10.1 Å². The van der Waals surface area contributed by atoms with Crippen molar-refractivity contribution in [2.45, 2.75) is 20.0 Å². The smallest absolute Gasteiger partial charge is 0.223 e. The lowest BCUT2D eigenvalue weighted by atomic mass is 10.4. The van der Waals surface area contributed by atoms with Crippen LogP contribution in [0.5, 0.6) is 0 Å². The molecule has 0 aliphatic heterocycles. The summed E-state index contributed by atoms with van der Waals surface area (Å²) in [4.78, 5) is 4.12. The van der Waals surface area contributed by atoms with Gasteiger partial charge in [-0.05, 0) is 12.1 Å². The molecule has 5 heteroatoms. The Bertz CT molecular complexity index is 418. The summed E-state index contributed by atoms with van der Waals surface area (Å²) in [5.74, 6) is 1.26. The minimum Gasteiger partial charge on any atom is -0.342 e. The number of hydrogen-bond donors (Lipinski definition) is 1. The minimum atomic E-state index is 0.518. The van der Waals surface area contributed by atoms with E-state index >= 15 is 0 Å². The monoisotopic (exact) mass is 192 g/mol. The first-order chi connectivity index (χ1) is 6.79. The summed E-state index contributed by atoms with van der Waals surface area (Å²) in [6, 6.07) is 3.93. The van der Waals surface area contributed by atoms with Crippen molar-refractivity contribution >= 4 is 0 Å². The predicted molar refractivity (Wildman–Crippen MR) is 50.5 cm³/mol. The summed E-state index contributed by atoms with van der Waals surface area (Å²) in [5.41, 5.74) is 6.63. The molecule has 0 bridgehead atoms. The third-order valence-corrected chi connectivity index (χ3v) is 2.01. The van der Waals surface area contributed by atoms with Gasteiger partial charge in [-0.15, -0.1) is 0 Å². The van der Waals surface area contributed by atoms with E-state index in [1.807, 2.05) is 22.9 Å². The van der Waals surface area contributed by atoms with Crippen LogP contribution in [0.2, 0.25) is 0 Å². The Labute approximate surface area is 81.5 Å². The molecule has 0 unspecified atom stereocenters. The number of aryl methyl sites for hydroxylation is 1. The molecule has 0 aliphatic carbocycles. The molecule has 5 nitrogen and oxygen atoms in total. The fourth-order valence-corrected chi connectivity index (χ4v) is 1.35. The Morgan fingerprint density at radius 2 is 2.43 bits per heavy atom. The zero-order valence-electron chi connectivity index (χ0n) is 7.97. The van der Waals surface area contributed by atoms with Crippen LogP contribution in [0.25, 0.3) is 0 Å². The van der Waals surface area contributed by atoms with E-state index in [1.54, 1.807) is 6.92 Å². The normalized spacial score (nSPS) is 10.7. The fourth-order valence-electron chi connectivity index (χ4n) is 1.35. The Balaban J connectivity index is 2.18.